The number of para-hydroxylation sites is 2. The molecule has 1 amide bonds. The number of nitrogens with zero attached hydrogens (tertiary/aromatic N) is 1. The highest BCUT2D eigenvalue weighted by Gasteiger charge is 2.19. The van der Waals surface area contributed by atoms with E-state index in [2.05, 4.69) is 10.1 Å². The Balaban J connectivity index is 1.68. The van der Waals surface area contributed by atoms with Gasteiger partial charge in [-0.3, -0.25) is 4.79 Å². The number of rotatable bonds is 4. The maximum Gasteiger partial charge on any atom is 0.337 e. The molecule has 0 bridgehead atoms. The average Bonchev–Trinajstić information content (AvgIpc) is 2.61. The lowest BCUT2D eigenvalue weighted by Gasteiger charge is -2.30. The van der Waals surface area contributed by atoms with Crippen LogP contribution in [0, 0.1) is 0 Å². The zero-order valence-electron chi connectivity index (χ0n) is 13.3. The number of carbonyl (C=O) groups is 2. The number of hydrogen-bond donors (Lipinski definition) is 1. The van der Waals surface area contributed by atoms with E-state index in [1.165, 1.54) is 7.11 Å². The molecule has 0 spiro atoms. The minimum atomic E-state index is -0.437. The fourth-order valence-corrected chi connectivity index (χ4v) is 2.61. The van der Waals surface area contributed by atoms with Crippen molar-refractivity contribution in [3.63, 3.8) is 0 Å². The summed E-state index contributed by atoms with van der Waals surface area (Å²) < 4.78 is 10.3. The second kappa shape index (κ2) is 7.04. The molecule has 0 atom stereocenters. The minimum absolute atomic E-state index is 0.159. The Morgan fingerprint density at radius 2 is 2.04 bits per heavy atom. The monoisotopic (exact) mass is 326 g/mol. The number of nitrogens with one attached hydrogen (secondary N) is 1. The molecule has 0 saturated carbocycles. The number of ether oxygens (including phenoxy) is 2. The van der Waals surface area contributed by atoms with Gasteiger partial charge in [-0.25, -0.2) is 4.79 Å². The summed E-state index contributed by atoms with van der Waals surface area (Å²) in [4.78, 5) is 25.9. The Bertz CT molecular complexity index is 760. The first-order chi connectivity index (χ1) is 11.7. The van der Waals surface area contributed by atoms with Crippen LogP contribution in [0.15, 0.2) is 48.5 Å². The van der Waals surface area contributed by atoms with Crippen LogP contribution < -0.4 is 15.0 Å². The molecule has 0 aliphatic carbocycles. The van der Waals surface area contributed by atoms with Crippen molar-refractivity contribution in [2.24, 2.45) is 0 Å². The van der Waals surface area contributed by atoms with Crippen LogP contribution in [0.5, 0.6) is 5.75 Å². The summed E-state index contributed by atoms with van der Waals surface area (Å²) in [6, 6.07) is 14.3. The summed E-state index contributed by atoms with van der Waals surface area (Å²) >= 11 is 0. The van der Waals surface area contributed by atoms with E-state index in [0.29, 0.717) is 24.4 Å². The number of benzene rings is 2. The first kappa shape index (κ1) is 15.9. The van der Waals surface area contributed by atoms with Gasteiger partial charge in [-0.2, -0.15) is 0 Å². The highest BCUT2D eigenvalue weighted by molar-refractivity contribution is 5.96. The molecular formula is C18H18N2O4. The maximum atomic E-state index is 12.3. The van der Waals surface area contributed by atoms with Crippen molar-refractivity contribution in [1.82, 2.24) is 0 Å². The van der Waals surface area contributed by atoms with E-state index in [-0.39, 0.29) is 12.5 Å². The highest BCUT2D eigenvalue weighted by Crippen LogP contribution is 2.30. The summed E-state index contributed by atoms with van der Waals surface area (Å²) in [6.45, 7) is 1.40. The topological polar surface area (TPSA) is 67.9 Å². The lowest BCUT2D eigenvalue weighted by Crippen LogP contribution is -2.38. The number of carbonyl (C=O) groups excluding carboxylic acids is 2. The van der Waals surface area contributed by atoms with Gasteiger partial charge in [0.05, 0.1) is 31.5 Å². The van der Waals surface area contributed by atoms with Crippen LogP contribution in [0.3, 0.4) is 0 Å². The predicted molar refractivity (Wildman–Crippen MR) is 90.6 cm³/mol. The SMILES string of the molecule is COC(=O)c1cccc(NC(=O)CN2CCOc3ccccc32)c1. The molecule has 0 aromatic heterocycles. The van der Waals surface area contributed by atoms with Gasteiger partial charge < -0.3 is 19.7 Å². The van der Waals surface area contributed by atoms with Gasteiger partial charge in [-0.05, 0) is 30.3 Å². The minimum Gasteiger partial charge on any atom is -0.490 e. The smallest absolute Gasteiger partial charge is 0.337 e. The Morgan fingerprint density at radius 3 is 2.88 bits per heavy atom. The van der Waals surface area contributed by atoms with Crippen molar-refractivity contribution < 1.29 is 19.1 Å². The van der Waals surface area contributed by atoms with Crippen molar-refractivity contribution >= 4 is 23.3 Å². The second-order valence-corrected chi connectivity index (χ2v) is 5.36. The van der Waals surface area contributed by atoms with Gasteiger partial charge in [0.25, 0.3) is 0 Å². The molecule has 1 aliphatic heterocycles. The molecule has 0 saturated heterocycles. The van der Waals surface area contributed by atoms with Crippen LogP contribution in [0.1, 0.15) is 10.4 Å². The molecule has 1 heterocycles. The normalized spacial score (nSPS) is 12.8. The van der Waals surface area contributed by atoms with Crippen molar-refractivity contribution in [2.45, 2.75) is 0 Å². The summed E-state index contributed by atoms with van der Waals surface area (Å²) in [7, 11) is 1.32. The lowest BCUT2D eigenvalue weighted by molar-refractivity contribution is -0.115. The van der Waals surface area contributed by atoms with Crippen molar-refractivity contribution in [3.05, 3.63) is 54.1 Å². The molecule has 0 radical (unpaired) electrons. The summed E-state index contributed by atoms with van der Waals surface area (Å²) in [5.74, 6) is 0.186. The van der Waals surface area contributed by atoms with Gasteiger partial charge in [0.1, 0.15) is 12.4 Å². The zero-order chi connectivity index (χ0) is 16.9. The van der Waals surface area contributed by atoms with E-state index in [1.807, 2.05) is 29.2 Å². The van der Waals surface area contributed by atoms with Gasteiger partial charge >= 0.3 is 5.97 Å². The first-order valence-electron chi connectivity index (χ1n) is 7.62. The highest BCUT2D eigenvalue weighted by atomic mass is 16.5. The number of fused-ring (bicyclic) bond motifs is 1. The van der Waals surface area contributed by atoms with Crippen LogP contribution in [0.25, 0.3) is 0 Å². The Hall–Kier alpha value is -3.02. The molecule has 0 fully saturated rings. The number of amides is 1. The standard InChI is InChI=1S/C18H18N2O4/c1-23-18(22)13-5-4-6-14(11-13)19-17(21)12-20-9-10-24-16-8-3-2-7-15(16)20/h2-8,11H,9-10,12H2,1H3,(H,19,21). The number of anilines is 2. The molecule has 6 heteroatoms. The molecule has 24 heavy (non-hydrogen) atoms. The Morgan fingerprint density at radius 1 is 1.21 bits per heavy atom. The fourth-order valence-electron chi connectivity index (χ4n) is 2.61. The van der Waals surface area contributed by atoms with Crippen LogP contribution in [-0.4, -0.2) is 38.7 Å². The van der Waals surface area contributed by atoms with Gasteiger partial charge in [-0.15, -0.1) is 0 Å². The molecule has 1 N–H and O–H groups in total. The summed E-state index contributed by atoms with van der Waals surface area (Å²) in [5, 5.41) is 2.81. The predicted octanol–water partition coefficient (Wildman–Crippen LogP) is 2.31. The maximum absolute atomic E-state index is 12.3. The zero-order valence-corrected chi connectivity index (χ0v) is 13.3. The average molecular weight is 326 g/mol. The number of esters is 1. The first-order valence-corrected chi connectivity index (χ1v) is 7.62. The van der Waals surface area contributed by atoms with Crippen LogP contribution >= 0.6 is 0 Å². The van der Waals surface area contributed by atoms with Gasteiger partial charge in [0.15, 0.2) is 0 Å². The molecule has 1 aliphatic rings. The van der Waals surface area contributed by atoms with Crippen LogP contribution in [0.2, 0.25) is 0 Å². The van der Waals surface area contributed by atoms with Crippen molar-refractivity contribution in [1.29, 1.82) is 0 Å². The molecule has 0 unspecified atom stereocenters. The van der Waals surface area contributed by atoms with E-state index in [4.69, 9.17) is 4.74 Å². The van der Waals surface area contributed by atoms with Crippen molar-refractivity contribution in [2.75, 3.05) is 37.0 Å². The van der Waals surface area contributed by atoms with E-state index in [9.17, 15) is 9.59 Å². The third-order valence-electron chi connectivity index (χ3n) is 3.73. The van der Waals surface area contributed by atoms with E-state index >= 15 is 0 Å². The lowest BCUT2D eigenvalue weighted by atomic mass is 10.2. The van der Waals surface area contributed by atoms with E-state index in [1.54, 1.807) is 24.3 Å². The summed E-state index contributed by atoms with van der Waals surface area (Å²) in [5.41, 5.74) is 1.86. The van der Waals surface area contributed by atoms with E-state index in [0.717, 1.165) is 11.4 Å². The molecule has 2 aromatic carbocycles. The Kier molecular flexibility index (Phi) is 4.65. The summed E-state index contributed by atoms with van der Waals surface area (Å²) in [6.07, 6.45) is 0. The third-order valence-corrected chi connectivity index (χ3v) is 3.73. The van der Waals surface area contributed by atoms with Crippen LogP contribution in [-0.2, 0) is 9.53 Å². The molecule has 2 aromatic rings. The second-order valence-electron chi connectivity index (χ2n) is 5.36. The Labute approximate surface area is 140 Å². The molecule has 124 valence electrons. The van der Waals surface area contributed by atoms with Crippen LogP contribution in [0.4, 0.5) is 11.4 Å². The third kappa shape index (κ3) is 3.48. The van der Waals surface area contributed by atoms with Crippen molar-refractivity contribution in [3.8, 4) is 5.75 Å². The van der Waals surface area contributed by atoms with Gasteiger partial charge in [-0.1, -0.05) is 18.2 Å². The van der Waals surface area contributed by atoms with E-state index < -0.39 is 5.97 Å². The number of methoxy groups -OCH3 is 1. The molecular weight excluding hydrogens is 308 g/mol. The van der Waals surface area contributed by atoms with Gasteiger partial charge in [0, 0.05) is 5.69 Å². The van der Waals surface area contributed by atoms with Gasteiger partial charge in [0.2, 0.25) is 5.91 Å². The molecule has 6 nitrogen and oxygen atoms in total. The largest absolute Gasteiger partial charge is 0.490 e. The molecule has 3 rings (SSSR count). The fraction of sp³-hybridized carbons (Fsp3) is 0.222. The number of hydrogen-bond acceptors (Lipinski definition) is 5. The quantitative estimate of drug-likeness (QED) is 0.873.